The smallest absolute Gasteiger partial charge is 0.295 e. The van der Waals surface area contributed by atoms with E-state index in [-0.39, 0.29) is 28.4 Å². The Morgan fingerprint density at radius 2 is 1.68 bits per heavy atom. The third-order valence-electron chi connectivity index (χ3n) is 5.03. The first-order chi connectivity index (χ1) is 14.7. The molecule has 0 aliphatic carbocycles. The number of nitro benzene ring substituents is 1. The number of aromatic nitrogens is 2. The van der Waals surface area contributed by atoms with Gasteiger partial charge in [-0.3, -0.25) is 33.7 Å². The maximum atomic E-state index is 12.8. The number of aryl methyl sites for hydroxylation is 2. The van der Waals surface area contributed by atoms with E-state index in [1.807, 2.05) is 12.1 Å². The van der Waals surface area contributed by atoms with Crippen LogP contribution in [0.15, 0.2) is 50.6 Å². The zero-order chi connectivity index (χ0) is 22.4. The Bertz CT molecular complexity index is 1360. The summed E-state index contributed by atoms with van der Waals surface area (Å²) in [5.41, 5.74) is 1.23. The maximum absolute atomic E-state index is 12.8. The molecule has 2 heterocycles. The van der Waals surface area contributed by atoms with Crippen LogP contribution in [0.1, 0.15) is 11.1 Å². The Balaban J connectivity index is 1.75. The van der Waals surface area contributed by atoms with Gasteiger partial charge in [0.25, 0.3) is 16.8 Å². The summed E-state index contributed by atoms with van der Waals surface area (Å²) in [6, 6.07) is 10.0. The minimum Gasteiger partial charge on any atom is -0.295 e. The van der Waals surface area contributed by atoms with Crippen LogP contribution < -0.4 is 5.69 Å². The highest BCUT2D eigenvalue weighted by Gasteiger charge is 2.35. The van der Waals surface area contributed by atoms with E-state index in [2.05, 4.69) is 15.9 Å². The number of benzene rings is 2. The molecule has 9 nitrogen and oxygen atoms in total. The van der Waals surface area contributed by atoms with Gasteiger partial charge >= 0.3 is 5.69 Å². The minimum atomic E-state index is -0.575. The molecule has 0 atom stereocenters. The molecule has 158 valence electrons. The van der Waals surface area contributed by atoms with E-state index in [1.165, 1.54) is 34.4 Å². The lowest BCUT2D eigenvalue weighted by atomic mass is 10.1. The van der Waals surface area contributed by atoms with Gasteiger partial charge in [-0.05, 0) is 41.6 Å². The van der Waals surface area contributed by atoms with Crippen molar-refractivity contribution in [1.82, 2.24) is 14.0 Å². The van der Waals surface area contributed by atoms with Gasteiger partial charge in [0.1, 0.15) is 0 Å². The predicted octanol–water partition coefficient (Wildman–Crippen LogP) is 3.78. The summed E-state index contributed by atoms with van der Waals surface area (Å²) in [6.45, 7) is 0.101. The summed E-state index contributed by atoms with van der Waals surface area (Å²) in [5.74, 6) is -0.519. The standard InChI is InChI=1S/C20H15BrN4O5S/c1-22-15-7-12(14(25(29)30)9-16(15)23(2)19(22)27)8-17-18(26)24(20(28)31-17)10-11-3-5-13(21)6-4-11/h3-9H,10H2,1-2H3/b17-8-. The number of halogens is 1. The van der Waals surface area contributed by atoms with Crippen molar-refractivity contribution >= 4 is 61.6 Å². The van der Waals surface area contributed by atoms with Crippen LogP contribution in [0, 0.1) is 10.1 Å². The monoisotopic (exact) mass is 502 g/mol. The van der Waals surface area contributed by atoms with E-state index in [9.17, 15) is 24.5 Å². The topological polar surface area (TPSA) is 107 Å². The number of rotatable bonds is 4. The van der Waals surface area contributed by atoms with Crippen LogP contribution in [0.4, 0.5) is 10.5 Å². The Morgan fingerprint density at radius 1 is 1.06 bits per heavy atom. The molecule has 0 unspecified atom stereocenters. The average Bonchev–Trinajstić information content (AvgIpc) is 3.11. The van der Waals surface area contributed by atoms with E-state index in [4.69, 9.17) is 0 Å². The number of amides is 2. The van der Waals surface area contributed by atoms with Crippen LogP contribution in [0.3, 0.4) is 0 Å². The number of carbonyl (C=O) groups is 2. The summed E-state index contributed by atoms with van der Waals surface area (Å²) in [4.78, 5) is 49.7. The molecule has 1 saturated heterocycles. The van der Waals surface area contributed by atoms with Gasteiger partial charge in [0.05, 0.1) is 33.0 Å². The van der Waals surface area contributed by atoms with Crippen molar-refractivity contribution in [2.45, 2.75) is 6.54 Å². The first kappa shape index (κ1) is 21.1. The molecular formula is C20H15BrN4O5S. The van der Waals surface area contributed by atoms with E-state index in [0.29, 0.717) is 11.0 Å². The van der Waals surface area contributed by atoms with Gasteiger partial charge in [0.15, 0.2) is 0 Å². The molecule has 1 aliphatic heterocycles. The van der Waals surface area contributed by atoms with Gasteiger partial charge in [-0.1, -0.05) is 28.1 Å². The van der Waals surface area contributed by atoms with Crippen LogP contribution in [0.5, 0.6) is 0 Å². The quantitative estimate of drug-likeness (QED) is 0.305. The third-order valence-corrected chi connectivity index (χ3v) is 6.47. The molecule has 0 N–H and O–H groups in total. The van der Waals surface area contributed by atoms with Gasteiger partial charge < -0.3 is 0 Å². The van der Waals surface area contributed by atoms with Crippen LogP contribution >= 0.6 is 27.7 Å². The molecule has 31 heavy (non-hydrogen) atoms. The number of hydrogen-bond acceptors (Lipinski definition) is 6. The molecule has 4 rings (SSSR count). The zero-order valence-corrected chi connectivity index (χ0v) is 18.8. The summed E-state index contributed by atoms with van der Waals surface area (Å²) < 4.78 is 3.57. The van der Waals surface area contributed by atoms with Crippen molar-refractivity contribution in [1.29, 1.82) is 0 Å². The molecule has 1 aliphatic rings. The molecule has 0 radical (unpaired) electrons. The Labute approximate surface area is 188 Å². The van der Waals surface area contributed by atoms with Crippen LogP contribution in [-0.2, 0) is 25.4 Å². The van der Waals surface area contributed by atoms with Crippen molar-refractivity contribution in [2.24, 2.45) is 14.1 Å². The molecular weight excluding hydrogens is 488 g/mol. The summed E-state index contributed by atoms with van der Waals surface area (Å²) in [5, 5.41) is 11.2. The molecule has 0 saturated carbocycles. The highest BCUT2D eigenvalue weighted by Crippen LogP contribution is 2.36. The van der Waals surface area contributed by atoms with E-state index in [1.54, 1.807) is 19.2 Å². The number of fused-ring (bicyclic) bond motifs is 1. The molecule has 2 aromatic carbocycles. The lowest BCUT2D eigenvalue weighted by molar-refractivity contribution is -0.385. The second-order valence-electron chi connectivity index (χ2n) is 6.95. The number of imidazole rings is 1. The van der Waals surface area contributed by atoms with Crippen molar-refractivity contribution < 1.29 is 14.5 Å². The average molecular weight is 503 g/mol. The molecule has 1 fully saturated rings. The fourth-order valence-electron chi connectivity index (χ4n) is 3.37. The summed E-state index contributed by atoms with van der Waals surface area (Å²) >= 11 is 4.07. The van der Waals surface area contributed by atoms with Crippen LogP contribution in [-0.4, -0.2) is 30.1 Å². The van der Waals surface area contributed by atoms with Crippen LogP contribution in [0.25, 0.3) is 17.1 Å². The normalized spacial score (nSPS) is 15.5. The number of hydrogen-bond donors (Lipinski definition) is 0. The maximum Gasteiger partial charge on any atom is 0.328 e. The fraction of sp³-hybridized carbons (Fsp3) is 0.150. The van der Waals surface area contributed by atoms with Crippen molar-refractivity contribution in [3.05, 3.63) is 77.5 Å². The number of nitro groups is 1. The molecule has 2 amide bonds. The Kier molecular flexibility index (Phi) is 5.31. The third kappa shape index (κ3) is 3.70. The van der Waals surface area contributed by atoms with Gasteiger partial charge in [0, 0.05) is 24.6 Å². The fourth-order valence-corrected chi connectivity index (χ4v) is 4.47. The number of thioether (sulfide) groups is 1. The second-order valence-corrected chi connectivity index (χ2v) is 8.86. The lowest BCUT2D eigenvalue weighted by Crippen LogP contribution is -2.27. The first-order valence-corrected chi connectivity index (χ1v) is 10.6. The van der Waals surface area contributed by atoms with E-state index in [0.717, 1.165) is 26.7 Å². The second kappa shape index (κ2) is 7.82. The SMILES string of the molecule is Cn1c(=O)n(C)c2cc([N+](=O)[O-])c(/C=C3\SC(=O)N(Cc4ccc(Br)cc4)C3=O)cc21. The highest BCUT2D eigenvalue weighted by molar-refractivity contribution is 9.10. The Morgan fingerprint density at radius 3 is 2.29 bits per heavy atom. The summed E-state index contributed by atoms with van der Waals surface area (Å²) in [7, 11) is 3.09. The largest absolute Gasteiger partial charge is 0.328 e. The highest BCUT2D eigenvalue weighted by atomic mass is 79.9. The van der Waals surface area contributed by atoms with Gasteiger partial charge in [-0.25, -0.2) is 4.79 Å². The molecule has 0 spiro atoms. The van der Waals surface area contributed by atoms with Gasteiger partial charge in [-0.2, -0.15) is 0 Å². The van der Waals surface area contributed by atoms with Crippen molar-refractivity contribution in [2.75, 3.05) is 0 Å². The van der Waals surface area contributed by atoms with E-state index >= 15 is 0 Å². The van der Waals surface area contributed by atoms with Crippen molar-refractivity contribution in [3.8, 4) is 0 Å². The van der Waals surface area contributed by atoms with Crippen LogP contribution in [0.2, 0.25) is 0 Å². The number of carbonyl (C=O) groups excluding carboxylic acids is 2. The zero-order valence-electron chi connectivity index (χ0n) is 16.4. The van der Waals surface area contributed by atoms with Gasteiger partial charge in [-0.15, -0.1) is 0 Å². The predicted molar refractivity (Wildman–Crippen MR) is 120 cm³/mol. The van der Waals surface area contributed by atoms with Gasteiger partial charge in [0.2, 0.25) is 0 Å². The Hall–Kier alpha value is -3.18. The minimum absolute atomic E-state index is 0.0884. The number of imide groups is 1. The van der Waals surface area contributed by atoms with Crippen molar-refractivity contribution in [3.63, 3.8) is 0 Å². The number of nitrogens with zero attached hydrogens (tertiary/aromatic N) is 4. The van der Waals surface area contributed by atoms with E-state index < -0.39 is 16.1 Å². The lowest BCUT2D eigenvalue weighted by Gasteiger charge is -2.12. The molecule has 1 aromatic heterocycles. The molecule has 0 bridgehead atoms. The molecule has 3 aromatic rings. The summed E-state index contributed by atoms with van der Waals surface area (Å²) in [6.07, 6.45) is 1.33. The molecule has 11 heteroatoms. The first-order valence-electron chi connectivity index (χ1n) is 9.01.